The van der Waals surface area contributed by atoms with Gasteiger partial charge in [-0.05, 0) is 47.9 Å². The number of nitrogens with two attached hydrogens (primary N) is 1. The third kappa shape index (κ3) is 7.30. The zero-order valence-electron chi connectivity index (χ0n) is 25.3. The van der Waals surface area contributed by atoms with E-state index >= 15 is 0 Å². The van der Waals surface area contributed by atoms with Gasteiger partial charge in [0.2, 0.25) is 17.7 Å². The molecule has 0 saturated carbocycles. The molecule has 1 aromatic heterocycles. The van der Waals surface area contributed by atoms with E-state index in [1.54, 1.807) is 26.0 Å². The van der Waals surface area contributed by atoms with Gasteiger partial charge >= 0.3 is 6.09 Å². The van der Waals surface area contributed by atoms with Gasteiger partial charge < -0.3 is 31.4 Å². The Morgan fingerprint density at radius 2 is 1.75 bits per heavy atom. The van der Waals surface area contributed by atoms with Crippen molar-refractivity contribution in [2.75, 3.05) is 0 Å². The van der Waals surface area contributed by atoms with E-state index in [-0.39, 0.29) is 31.3 Å². The molecule has 10 nitrogen and oxygen atoms in total. The molecule has 4 rings (SSSR count). The summed E-state index contributed by atoms with van der Waals surface area (Å²) in [4.78, 5) is 56.5. The number of benzene rings is 2. The van der Waals surface area contributed by atoms with Crippen LogP contribution in [0.2, 0.25) is 10.0 Å². The fraction of sp³-hybridized carbons (Fsp3) is 0.438. The van der Waals surface area contributed by atoms with Crippen LogP contribution in [0, 0.1) is 11.8 Å². The molecule has 6 N–H and O–H groups in total. The molecule has 1 heterocycles. The van der Waals surface area contributed by atoms with Gasteiger partial charge in [-0.25, -0.2) is 4.79 Å². The standard InChI is InChI=1S/C32H39Cl2N5O5/c1-5-18(4)26(38-31(43)44-16-19-9-7-6-8-10-19)29(41)39-32(30(42)37-25(17(2)3)28(35)40)12-11-24-22(15-32)21-13-20(33)14-23(34)27(21)36-24/h6-10,13-14,17-18,25-26,36H,5,11-12,15-16H2,1-4H3,(H2,35,40)(H,37,42)(H,38,43)(H,39,41)/t18-,25-,26?,32+/m0/s1. The Hall–Kier alpha value is -3.76. The SMILES string of the molecule is CC[C@H](C)C(NC(=O)OCc1ccccc1)C(=O)N[C@]1(C(=O)N[C@H](C(N)=O)C(C)C)CCc2[nH]c3c(Cl)cc(Cl)cc3c2C1. The zero-order chi connectivity index (χ0) is 32.2. The van der Waals surface area contributed by atoms with Crippen LogP contribution < -0.4 is 21.7 Å². The number of aryl methyl sites for hydroxylation is 1. The summed E-state index contributed by atoms with van der Waals surface area (Å²) in [6.45, 7) is 7.31. The summed E-state index contributed by atoms with van der Waals surface area (Å²) in [5.41, 5.74) is 7.28. The van der Waals surface area contributed by atoms with E-state index in [2.05, 4.69) is 20.9 Å². The highest BCUT2D eigenvalue weighted by Gasteiger charge is 2.46. The third-order valence-corrected chi connectivity index (χ3v) is 8.86. The number of ether oxygens (including phenoxy) is 1. The molecule has 236 valence electrons. The number of fused-ring (bicyclic) bond motifs is 3. The first-order valence-electron chi connectivity index (χ1n) is 14.7. The number of carbonyl (C=O) groups excluding carboxylic acids is 4. The number of carbonyl (C=O) groups is 4. The molecule has 0 radical (unpaired) electrons. The average Bonchev–Trinajstić information content (AvgIpc) is 3.35. The van der Waals surface area contributed by atoms with E-state index in [0.29, 0.717) is 28.4 Å². The van der Waals surface area contributed by atoms with Crippen molar-refractivity contribution in [2.24, 2.45) is 17.6 Å². The Morgan fingerprint density at radius 1 is 1.05 bits per heavy atom. The van der Waals surface area contributed by atoms with Gasteiger partial charge in [0.05, 0.1) is 10.5 Å². The summed E-state index contributed by atoms with van der Waals surface area (Å²) in [5.74, 6) is -2.37. The predicted octanol–water partition coefficient (Wildman–Crippen LogP) is 4.79. The zero-order valence-corrected chi connectivity index (χ0v) is 26.8. The van der Waals surface area contributed by atoms with Gasteiger partial charge in [-0.15, -0.1) is 0 Å². The molecule has 0 spiro atoms. The summed E-state index contributed by atoms with van der Waals surface area (Å²) in [6.07, 6.45) is 0.511. The molecule has 1 aliphatic carbocycles. The molecule has 0 saturated heterocycles. The fourth-order valence-electron chi connectivity index (χ4n) is 5.58. The predicted molar refractivity (Wildman–Crippen MR) is 170 cm³/mol. The van der Waals surface area contributed by atoms with Crippen molar-refractivity contribution < 1.29 is 23.9 Å². The molecule has 0 bridgehead atoms. The maximum absolute atomic E-state index is 14.1. The van der Waals surface area contributed by atoms with E-state index in [9.17, 15) is 19.2 Å². The lowest BCUT2D eigenvalue weighted by atomic mass is 9.78. The number of amides is 4. The monoisotopic (exact) mass is 643 g/mol. The molecule has 4 amide bonds. The van der Waals surface area contributed by atoms with Crippen molar-refractivity contribution in [1.82, 2.24) is 20.9 Å². The largest absolute Gasteiger partial charge is 0.445 e. The van der Waals surface area contributed by atoms with Crippen LogP contribution in [0.5, 0.6) is 0 Å². The molecular formula is C32H39Cl2N5O5. The maximum atomic E-state index is 14.1. The van der Waals surface area contributed by atoms with E-state index in [1.807, 2.05) is 44.2 Å². The first-order chi connectivity index (χ1) is 20.8. The van der Waals surface area contributed by atoms with Crippen LogP contribution in [0.25, 0.3) is 10.9 Å². The van der Waals surface area contributed by atoms with Gasteiger partial charge in [-0.3, -0.25) is 14.4 Å². The number of nitrogens with one attached hydrogen (secondary N) is 4. The van der Waals surface area contributed by atoms with Crippen molar-refractivity contribution in [2.45, 2.75) is 77.6 Å². The molecule has 3 aromatic rings. The molecule has 0 fully saturated rings. The fourth-order valence-corrected chi connectivity index (χ4v) is 6.12. The summed E-state index contributed by atoms with van der Waals surface area (Å²) in [5, 5.41) is 10.1. The molecule has 44 heavy (non-hydrogen) atoms. The topological polar surface area (TPSA) is 155 Å². The first-order valence-corrected chi connectivity index (χ1v) is 15.5. The minimum Gasteiger partial charge on any atom is -0.445 e. The lowest BCUT2D eigenvalue weighted by Crippen LogP contribution is -2.67. The van der Waals surface area contributed by atoms with E-state index in [4.69, 9.17) is 33.7 Å². The number of rotatable bonds is 11. The summed E-state index contributed by atoms with van der Waals surface area (Å²) in [6, 6.07) is 10.6. The van der Waals surface area contributed by atoms with Crippen LogP contribution in [0.3, 0.4) is 0 Å². The Bertz CT molecular complexity index is 1540. The normalized spacial score (nSPS) is 18.2. The second kappa shape index (κ2) is 13.9. The smallest absolute Gasteiger partial charge is 0.408 e. The van der Waals surface area contributed by atoms with Crippen LogP contribution in [-0.2, 0) is 38.6 Å². The van der Waals surface area contributed by atoms with Crippen molar-refractivity contribution >= 4 is 57.9 Å². The van der Waals surface area contributed by atoms with E-state index in [0.717, 1.165) is 22.2 Å². The van der Waals surface area contributed by atoms with Crippen LogP contribution >= 0.6 is 23.2 Å². The minimum absolute atomic E-state index is 0.0338. The number of primary amides is 1. The highest BCUT2D eigenvalue weighted by atomic mass is 35.5. The lowest BCUT2D eigenvalue weighted by molar-refractivity contribution is -0.137. The number of alkyl carbamates (subject to hydrolysis) is 1. The van der Waals surface area contributed by atoms with Gasteiger partial charge in [-0.2, -0.15) is 0 Å². The molecule has 2 aromatic carbocycles. The molecule has 12 heteroatoms. The molecule has 1 aliphatic rings. The highest BCUT2D eigenvalue weighted by Crippen LogP contribution is 2.38. The van der Waals surface area contributed by atoms with Crippen LogP contribution in [0.1, 0.15) is 57.4 Å². The van der Waals surface area contributed by atoms with Crippen LogP contribution in [0.15, 0.2) is 42.5 Å². The number of H-pyrrole nitrogens is 1. The maximum Gasteiger partial charge on any atom is 0.408 e. The van der Waals surface area contributed by atoms with Gasteiger partial charge in [0.25, 0.3) is 0 Å². The van der Waals surface area contributed by atoms with E-state index < -0.39 is 41.4 Å². The average molecular weight is 645 g/mol. The van der Waals surface area contributed by atoms with Crippen molar-refractivity contribution in [3.8, 4) is 0 Å². The quantitative estimate of drug-likeness (QED) is 0.203. The first kappa shape index (κ1) is 33.1. The highest BCUT2D eigenvalue weighted by molar-refractivity contribution is 6.38. The van der Waals surface area contributed by atoms with Gasteiger partial charge in [-0.1, -0.05) is 87.6 Å². The lowest BCUT2D eigenvalue weighted by Gasteiger charge is -2.39. The number of hydrogen-bond donors (Lipinski definition) is 5. The van der Waals surface area contributed by atoms with Crippen LogP contribution in [0.4, 0.5) is 4.79 Å². The molecule has 1 unspecified atom stereocenters. The Kier molecular flexibility index (Phi) is 10.5. The number of halogens is 2. The van der Waals surface area contributed by atoms with Crippen molar-refractivity contribution in [3.63, 3.8) is 0 Å². The Labute approximate surface area is 266 Å². The third-order valence-electron chi connectivity index (χ3n) is 8.34. The van der Waals surface area contributed by atoms with E-state index in [1.165, 1.54) is 0 Å². The van der Waals surface area contributed by atoms with Crippen LogP contribution in [-0.4, -0.2) is 46.4 Å². The summed E-state index contributed by atoms with van der Waals surface area (Å²) >= 11 is 12.8. The number of aromatic amines is 1. The number of aromatic nitrogens is 1. The second-order valence-corrected chi connectivity index (χ2v) is 12.7. The minimum atomic E-state index is -1.47. The van der Waals surface area contributed by atoms with Gasteiger partial charge in [0.15, 0.2) is 0 Å². The Balaban J connectivity index is 1.65. The van der Waals surface area contributed by atoms with Gasteiger partial charge in [0, 0.05) is 22.5 Å². The second-order valence-electron chi connectivity index (χ2n) is 11.8. The molecule has 0 aliphatic heterocycles. The molecular weight excluding hydrogens is 605 g/mol. The van der Waals surface area contributed by atoms with Crippen molar-refractivity contribution in [1.29, 1.82) is 0 Å². The summed E-state index contributed by atoms with van der Waals surface area (Å²) in [7, 11) is 0. The number of hydrogen-bond acceptors (Lipinski definition) is 5. The van der Waals surface area contributed by atoms with Crippen molar-refractivity contribution in [3.05, 3.63) is 69.3 Å². The molecule has 4 atom stereocenters. The van der Waals surface area contributed by atoms with Gasteiger partial charge in [0.1, 0.15) is 24.2 Å². The summed E-state index contributed by atoms with van der Waals surface area (Å²) < 4.78 is 5.39. The Morgan fingerprint density at radius 3 is 2.39 bits per heavy atom.